The molecule has 1 N–H and O–H groups in total. The first-order valence-electron chi connectivity index (χ1n) is 9.98. The van der Waals surface area contributed by atoms with Gasteiger partial charge in [-0.25, -0.2) is 4.79 Å². The van der Waals surface area contributed by atoms with E-state index in [1.54, 1.807) is 18.3 Å². The Kier molecular flexibility index (Phi) is 5.96. The highest BCUT2D eigenvalue weighted by molar-refractivity contribution is 5.89. The highest BCUT2D eigenvalue weighted by Crippen LogP contribution is 2.14. The van der Waals surface area contributed by atoms with E-state index < -0.39 is 0 Å². The van der Waals surface area contributed by atoms with Gasteiger partial charge in [0.05, 0.1) is 12.7 Å². The minimum Gasteiger partial charge on any atom is -0.465 e. The van der Waals surface area contributed by atoms with E-state index >= 15 is 0 Å². The van der Waals surface area contributed by atoms with Crippen molar-refractivity contribution in [1.82, 2.24) is 4.98 Å². The molecule has 0 atom stereocenters. The van der Waals surface area contributed by atoms with Crippen molar-refractivity contribution in [3.63, 3.8) is 0 Å². The molecule has 0 spiro atoms. The molecule has 0 aliphatic heterocycles. The van der Waals surface area contributed by atoms with E-state index in [0.29, 0.717) is 29.4 Å². The summed E-state index contributed by atoms with van der Waals surface area (Å²) in [5.74, 6) is 5.95. The number of hydrogen-bond donors (Lipinski definition) is 1. The number of carbonyl (C=O) groups is 1. The van der Waals surface area contributed by atoms with Crippen LogP contribution in [0, 0.1) is 11.8 Å². The lowest BCUT2D eigenvalue weighted by atomic mass is 10.0. The topological polar surface area (TPSA) is 59.2 Å². The van der Waals surface area contributed by atoms with Crippen LogP contribution < -0.4 is 5.43 Å². The van der Waals surface area contributed by atoms with Gasteiger partial charge in [0.15, 0.2) is 5.43 Å². The summed E-state index contributed by atoms with van der Waals surface area (Å²) in [6, 6.07) is 22.8. The van der Waals surface area contributed by atoms with Gasteiger partial charge in [-0.15, -0.1) is 0 Å². The SMILES string of the molecule is COC(=O)c1ccc(Cc2c[nH]c3ccc(C#CCc4ccccc4)cc3c2=O)cc1. The minimum absolute atomic E-state index is 0.0162. The molecule has 1 heterocycles. The maximum Gasteiger partial charge on any atom is 0.337 e. The Balaban J connectivity index is 1.58. The molecular formula is C27H21NO3. The highest BCUT2D eigenvalue weighted by atomic mass is 16.5. The maximum absolute atomic E-state index is 13.1. The lowest BCUT2D eigenvalue weighted by Crippen LogP contribution is -2.11. The van der Waals surface area contributed by atoms with Crippen molar-refractivity contribution in [2.45, 2.75) is 12.8 Å². The van der Waals surface area contributed by atoms with E-state index in [0.717, 1.165) is 22.2 Å². The van der Waals surface area contributed by atoms with Crippen LogP contribution in [-0.2, 0) is 17.6 Å². The second-order valence-corrected chi connectivity index (χ2v) is 7.23. The van der Waals surface area contributed by atoms with Gasteiger partial charge >= 0.3 is 5.97 Å². The summed E-state index contributed by atoms with van der Waals surface area (Å²) in [6.07, 6.45) is 2.88. The molecule has 0 radical (unpaired) electrons. The van der Waals surface area contributed by atoms with Crippen molar-refractivity contribution in [2.24, 2.45) is 0 Å². The van der Waals surface area contributed by atoms with Gasteiger partial charge in [-0.1, -0.05) is 54.3 Å². The van der Waals surface area contributed by atoms with Gasteiger partial charge in [0, 0.05) is 41.1 Å². The van der Waals surface area contributed by atoms with Crippen molar-refractivity contribution >= 4 is 16.9 Å². The molecular weight excluding hydrogens is 386 g/mol. The molecule has 31 heavy (non-hydrogen) atoms. The van der Waals surface area contributed by atoms with Crippen LogP contribution in [0.2, 0.25) is 0 Å². The fourth-order valence-electron chi connectivity index (χ4n) is 3.41. The second kappa shape index (κ2) is 9.15. The number of aromatic nitrogens is 1. The molecule has 0 amide bonds. The van der Waals surface area contributed by atoms with Crippen LogP contribution in [0.3, 0.4) is 0 Å². The van der Waals surface area contributed by atoms with E-state index in [1.165, 1.54) is 7.11 Å². The fourth-order valence-corrected chi connectivity index (χ4v) is 3.41. The van der Waals surface area contributed by atoms with Gasteiger partial charge in [-0.3, -0.25) is 4.79 Å². The van der Waals surface area contributed by atoms with Gasteiger partial charge in [-0.2, -0.15) is 0 Å². The number of benzene rings is 3. The van der Waals surface area contributed by atoms with Crippen LogP contribution in [0.15, 0.2) is 83.8 Å². The number of nitrogens with one attached hydrogen (secondary N) is 1. The van der Waals surface area contributed by atoms with Crippen molar-refractivity contribution in [2.75, 3.05) is 7.11 Å². The zero-order valence-corrected chi connectivity index (χ0v) is 17.1. The maximum atomic E-state index is 13.1. The van der Waals surface area contributed by atoms with Crippen LogP contribution in [-0.4, -0.2) is 18.1 Å². The molecule has 0 bridgehead atoms. The predicted octanol–water partition coefficient (Wildman–Crippen LogP) is 4.50. The van der Waals surface area contributed by atoms with Crippen LogP contribution in [0.4, 0.5) is 0 Å². The summed E-state index contributed by atoms with van der Waals surface area (Å²) in [7, 11) is 1.35. The van der Waals surface area contributed by atoms with Gasteiger partial charge in [0.2, 0.25) is 0 Å². The van der Waals surface area contributed by atoms with E-state index in [9.17, 15) is 9.59 Å². The summed E-state index contributed by atoms with van der Waals surface area (Å²) >= 11 is 0. The van der Waals surface area contributed by atoms with Gasteiger partial charge in [0.1, 0.15) is 0 Å². The third-order valence-corrected chi connectivity index (χ3v) is 5.10. The monoisotopic (exact) mass is 407 g/mol. The minimum atomic E-state index is -0.379. The van der Waals surface area contributed by atoms with Gasteiger partial charge in [-0.05, 0) is 41.5 Å². The number of methoxy groups -OCH3 is 1. The molecule has 0 unspecified atom stereocenters. The molecule has 4 nitrogen and oxygen atoms in total. The number of hydrogen-bond acceptors (Lipinski definition) is 3. The molecule has 0 aliphatic rings. The first-order chi connectivity index (χ1) is 15.1. The van der Waals surface area contributed by atoms with E-state index in [-0.39, 0.29) is 11.4 Å². The zero-order valence-electron chi connectivity index (χ0n) is 17.1. The molecule has 0 saturated carbocycles. The average molecular weight is 407 g/mol. The Morgan fingerprint density at radius 1 is 0.968 bits per heavy atom. The number of carbonyl (C=O) groups excluding carboxylic acids is 1. The lowest BCUT2D eigenvalue weighted by Gasteiger charge is -2.05. The smallest absolute Gasteiger partial charge is 0.337 e. The number of fused-ring (bicyclic) bond motifs is 1. The molecule has 0 saturated heterocycles. The summed E-state index contributed by atoms with van der Waals surface area (Å²) in [5, 5.41) is 0.621. The molecule has 0 aliphatic carbocycles. The highest BCUT2D eigenvalue weighted by Gasteiger charge is 2.09. The molecule has 0 fully saturated rings. The first-order valence-corrected chi connectivity index (χ1v) is 9.98. The normalized spacial score (nSPS) is 10.4. The molecule has 4 rings (SSSR count). The van der Waals surface area contributed by atoms with Crippen molar-refractivity contribution in [3.8, 4) is 11.8 Å². The van der Waals surface area contributed by atoms with E-state index in [4.69, 9.17) is 4.74 Å². The number of aromatic amines is 1. The summed E-state index contributed by atoms with van der Waals surface area (Å²) in [4.78, 5) is 27.8. The van der Waals surface area contributed by atoms with Crippen LogP contribution in [0.5, 0.6) is 0 Å². The third-order valence-electron chi connectivity index (χ3n) is 5.10. The van der Waals surface area contributed by atoms with Crippen LogP contribution in [0.25, 0.3) is 10.9 Å². The Morgan fingerprint density at radius 2 is 1.74 bits per heavy atom. The Labute approximate surface area is 180 Å². The molecule has 4 heteroatoms. The Hall–Kier alpha value is -4.10. The summed E-state index contributed by atoms with van der Waals surface area (Å²) < 4.78 is 4.72. The molecule has 152 valence electrons. The average Bonchev–Trinajstić information content (AvgIpc) is 2.82. The predicted molar refractivity (Wildman–Crippen MR) is 122 cm³/mol. The van der Waals surface area contributed by atoms with Crippen molar-refractivity contribution in [3.05, 3.63) is 117 Å². The summed E-state index contributed by atoms with van der Waals surface area (Å²) in [6.45, 7) is 0. The van der Waals surface area contributed by atoms with Crippen LogP contribution in [0.1, 0.15) is 32.6 Å². The van der Waals surface area contributed by atoms with Crippen molar-refractivity contribution in [1.29, 1.82) is 0 Å². The largest absolute Gasteiger partial charge is 0.465 e. The second-order valence-electron chi connectivity index (χ2n) is 7.23. The number of ether oxygens (including phenoxy) is 1. The quantitative estimate of drug-likeness (QED) is 0.400. The van der Waals surface area contributed by atoms with E-state index in [1.807, 2.05) is 60.7 Å². The van der Waals surface area contributed by atoms with Crippen LogP contribution >= 0.6 is 0 Å². The van der Waals surface area contributed by atoms with E-state index in [2.05, 4.69) is 16.8 Å². The fraction of sp³-hybridized carbons (Fsp3) is 0.111. The number of rotatable bonds is 4. The lowest BCUT2D eigenvalue weighted by molar-refractivity contribution is 0.0600. The molecule has 3 aromatic carbocycles. The Morgan fingerprint density at radius 3 is 2.48 bits per heavy atom. The summed E-state index contributed by atoms with van der Waals surface area (Å²) in [5.41, 5.74) is 4.82. The molecule has 1 aromatic heterocycles. The van der Waals surface area contributed by atoms with Crippen molar-refractivity contribution < 1.29 is 9.53 Å². The number of H-pyrrole nitrogens is 1. The molecule has 4 aromatic rings. The Bertz CT molecular complexity index is 1340. The number of esters is 1. The number of pyridine rings is 1. The van der Waals surface area contributed by atoms with Gasteiger partial charge in [0.25, 0.3) is 0 Å². The third kappa shape index (κ3) is 4.73. The van der Waals surface area contributed by atoms with Gasteiger partial charge < -0.3 is 9.72 Å². The zero-order chi connectivity index (χ0) is 21.6. The standard InChI is InChI=1S/C27H21NO3/c1-31-27(30)22-13-10-21(11-14-22)16-23-18-28-25-15-12-20(17-24(25)26(23)29)9-5-8-19-6-3-2-4-7-19/h2-4,6-7,10-15,17-18H,8,16H2,1H3,(H,28,29). The first kappa shape index (κ1) is 20.2.